The van der Waals surface area contributed by atoms with Crippen molar-refractivity contribution in [1.82, 2.24) is 15.8 Å². The Bertz CT molecular complexity index is 868. The van der Waals surface area contributed by atoms with E-state index in [0.29, 0.717) is 10.0 Å². The molecule has 0 fully saturated rings. The number of amides is 1. The maximum Gasteiger partial charge on any atom is 0.288 e. The van der Waals surface area contributed by atoms with Gasteiger partial charge in [-0.15, -0.1) is 0 Å². The topological polar surface area (TPSA) is 54.0 Å². The molecule has 0 radical (unpaired) electrons. The fourth-order valence-electron chi connectivity index (χ4n) is 2.12. The van der Waals surface area contributed by atoms with E-state index in [1.54, 1.807) is 6.07 Å². The number of hydrazine groups is 1. The molecule has 0 aliphatic carbocycles. The minimum atomic E-state index is -0.316. The van der Waals surface area contributed by atoms with Gasteiger partial charge in [0, 0.05) is 11.1 Å². The third kappa shape index (κ3) is 4.31. The zero-order chi connectivity index (χ0) is 16.8. The summed E-state index contributed by atoms with van der Waals surface area (Å²) < 4.78 is 0.507. The van der Waals surface area contributed by atoms with Gasteiger partial charge in [-0.25, -0.2) is 4.98 Å². The number of pyridine rings is 1. The summed E-state index contributed by atoms with van der Waals surface area (Å²) >= 11 is 6.67. The molecule has 0 saturated carbocycles. The summed E-state index contributed by atoms with van der Waals surface area (Å²) in [6, 6.07) is 21.2. The number of benzene rings is 2. The molecular formula is C18H15N3OS2. The van der Waals surface area contributed by atoms with E-state index in [2.05, 4.69) is 15.8 Å². The maximum absolute atomic E-state index is 12.2. The number of carbonyl (C=O) groups is 1. The van der Waals surface area contributed by atoms with Crippen LogP contribution in [0.5, 0.6) is 0 Å². The Balaban J connectivity index is 1.53. The molecule has 1 aromatic heterocycles. The largest absolute Gasteiger partial charge is 0.288 e. The number of thioether (sulfide) groups is 1. The van der Waals surface area contributed by atoms with Gasteiger partial charge in [0.1, 0.15) is 5.69 Å². The van der Waals surface area contributed by atoms with Gasteiger partial charge in [0.2, 0.25) is 0 Å². The summed E-state index contributed by atoms with van der Waals surface area (Å²) in [6.45, 7) is 0. The molecule has 4 nitrogen and oxygen atoms in total. The molecular weight excluding hydrogens is 338 g/mol. The van der Waals surface area contributed by atoms with E-state index in [4.69, 9.17) is 12.2 Å². The number of thiocarbonyl (C=S) groups is 1. The van der Waals surface area contributed by atoms with Crippen molar-refractivity contribution in [2.24, 2.45) is 0 Å². The molecule has 24 heavy (non-hydrogen) atoms. The van der Waals surface area contributed by atoms with Gasteiger partial charge in [-0.3, -0.25) is 15.6 Å². The number of rotatable bonds is 3. The lowest BCUT2D eigenvalue weighted by Crippen LogP contribution is -2.39. The third-order valence-electron chi connectivity index (χ3n) is 3.32. The molecule has 120 valence electrons. The average molecular weight is 353 g/mol. The van der Waals surface area contributed by atoms with E-state index < -0.39 is 0 Å². The van der Waals surface area contributed by atoms with Crippen LogP contribution in [0.25, 0.3) is 10.9 Å². The molecule has 0 unspecified atom stereocenters. The summed E-state index contributed by atoms with van der Waals surface area (Å²) in [5, 5.41) is 0.996. The monoisotopic (exact) mass is 353 g/mol. The smallest absolute Gasteiger partial charge is 0.283 e. The molecule has 1 heterocycles. The van der Waals surface area contributed by atoms with Crippen LogP contribution in [0.4, 0.5) is 0 Å². The maximum atomic E-state index is 12.2. The summed E-state index contributed by atoms with van der Waals surface area (Å²) in [6.07, 6.45) is 0. The van der Waals surface area contributed by atoms with Crippen LogP contribution in [0.3, 0.4) is 0 Å². The van der Waals surface area contributed by atoms with Crippen molar-refractivity contribution in [2.75, 3.05) is 0 Å². The number of hydrogen-bond acceptors (Lipinski definition) is 4. The number of nitrogens with zero attached hydrogens (tertiary/aromatic N) is 1. The molecule has 0 spiro atoms. The lowest BCUT2D eigenvalue weighted by molar-refractivity contribution is 0.0940. The second kappa shape index (κ2) is 7.90. The van der Waals surface area contributed by atoms with Crippen LogP contribution in [-0.2, 0) is 5.75 Å². The van der Waals surface area contributed by atoms with Crippen LogP contribution in [0.1, 0.15) is 16.1 Å². The van der Waals surface area contributed by atoms with Crippen molar-refractivity contribution < 1.29 is 4.79 Å². The molecule has 3 aromatic rings. The number of hydrogen-bond donors (Lipinski definition) is 2. The molecule has 6 heteroatoms. The van der Waals surface area contributed by atoms with E-state index in [0.717, 1.165) is 16.7 Å². The summed E-state index contributed by atoms with van der Waals surface area (Å²) in [4.78, 5) is 16.5. The molecule has 0 aliphatic heterocycles. The molecule has 2 aromatic carbocycles. The van der Waals surface area contributed by atoms with Crippen molar-refractivity contribution in [3.63, 3.8) is 0 Å². The van der Waals surface area contributed by atoms with Crippen molar-refractivity contribution in [1.29, 1.82) is 0 Å². The van der Waals surface area contributed by atoms with Crippen molar-refractivity contribution in [3.8, 4) is 0 Å². The highest BCUT2D eigenvalue weighted by atomic mass is 32.2. The van der Waals surface area contributed by atoms with Crippen LogP contribution >= 0.6 is 24.0 Å². The van der Waals surface area contributed by atoms with Crippen molar-refractivity contribution in [3.05, 3.63) is 78.0 Å². The Morgan fingerprint density at radius 3 is 2.54 bits per heavy atom. The van der Waals surface area contributed by atoms with Crippen LogP contribution in [-0.4, -0.2) is 15.2 Å². The van der Waals surface area contributed by atoms with E-state index in [1.165, 1.54) is 17.3 Å². The second-order valence-electron chi connectivity index (χ2n) is 5.03. The van der Waals surface area contributed by atoms with E-state index in [-0.39, 0.29) is 5.91 Å². The Morgan fingerprint density at radius 2 is 1.71 bits per heavy atom. The second-order valence-corrected chi connectivity index (χ2v) is 6.68. The first-order valence-corrected chi connectivity index (χ1v) is 8.74. The minimum Gasteiger partial charge on any atom is -0.283 e. The fourth-order valence-corrected chi connectivity index (χ4v) is 2.96. The number of fused-ring (bicyclic) bond motifs is 1. The van der Waals surface area contributed by atoms with Gasteiger partial charge >= 0.3 is 0 Å². The average Bonchev–Trinajstić information content (AvgIpc) is 2.65. The molecule has 0 aliphatic rings. The standard InChI is InChI=1S/C18H15N3OS2/c22-17(16-11-10-14-8-4-5-9-15(14)19-16)20-21-18(23)24-12-13-6-2-1-3-7-13/h1-11H,12H2,(H,20,22)(H,21,23). The van der Waals surface area contributed by atoms with Crippen molar-refractivity contribution >= 4 is 45.1 Å². The van der Waals surface area contributed by atoms with Crippen LogP contribution in [0.2, 0.25) is 0 Å². The van der Waals surface area contributed by atoms with E-state index >= 15 is 0 Å². The third-order valence-corrected chi connectivity index (χ3v) is 4.62. The van der Waals surface area contributed by atoms with Gasteiger partial charge in [0.25, 0.3) is 5.91 Å². The predicted molar refractivity (Wildman–Crippen MR) is 103 cm³/mol. The number of para-hydroxylation sites is 1. The molecule has 1 amide bonds. The highest BCUT2D eigenvalue weighted by Crippen LogP contribution is 2.13. The predicted octanol–water partition coefficient (Wildman–Crippen LogP) is 3.69. The lowest BCUT2D eigenvalue weighted by Gasteiger charge is -2.09. The van der Waals surface area contributed by atoms with Gasteiger partial charge in [0.05, 0.1) is 5.52 Å². The number of nitrogens with one attached hydrogen (secondary N) is 2. The van der Waals surface area contributed by atoms with Gasteiger partial charge in [0.15, 0.2) is 4.32 Å². The van der Waals surface area contributed by atoms with Crippen LogP contribution < -0.4 is 10.9 Å². The van der Waals surface area contributed by atoms with Crippen molar-refractivity contribution in [2.45, 2.75) is 5.75 Å². The number of carbonyl (C=O) groups excluding carboxylic acids is 1. The van der Waals surface area contributed by atoms with Crippen LogP contribution in [0, 0.1) is 0 Å². The quantitative estimate of drug-likeness (QED) is 0.556. The van der Waals surface area contributed by atoms with Gasteiger partial charge < -0.3 is 0 Å². The van der Waals surface area contributed by atoms with E-state index in [1.807, 2.05) is 60.7 Å². The first kappa shape index (κ1) is 16.4. The Morgan fingerprint density at radius 1 is 0.958 bits per heavy atom. The molecule has 0 atom stereocenters. The summed E-state index contributed by atoms with van der Waals surface area (Å²) in [7, 11) is 0. The molecule has 0 bridgehead atoms. The Kier molecular flexibility index (Phi) is 5.40. The summed E-state index contributed by atoms with van der Waals surface area (Å²) in [5.74, 6) is 0.431. The molecule has 0 saturated heterocycles. The normalized spacial score (nSPS) is 10.3. The first-order valence-electron chi connectivity index (χ1n) is 7.35. The number of aromatic nitrogens is 1. The van der Waals surface area contributed by atoms with E-state index in [9.17, 15) is 4.79 Å². The first-order chi connectivity index (χ1) is 11.7. The Hall–Kier alpha value is -2.44. The molecule has 3 rings (SSSR count). The lowest BCUT2D eigenvalue weighted by atomic mass is 10.2. The zero-order valence-electron chi connectivity index (χ0n) is 12.7. The highest BCUT2D eigenvalue weighted by Gasteiger charge is 2.08. The summed E-state index contributed by atoms with van der Waals surface area (Å²) in [5.41, 5.74) is 7.64. The van der Waals surface area contributed by atoms with Gasteiger partial charge in [-0.05, 0) is 17.7 Å². The fraction of sp³-hybridized carbons (Fsp3) is 0.0556. The zero-order valence-corrected chi connectivity index (χ0v) is 14.4. The molecule has 2 N–H and O–H groups in total. The highest BCUT2D eigenvalue weighted by molar-refractivity contribution is 8.22. The van der Waals surface area contributed by atoms with Crippen LogP contribution in [0.15, 0.2) is 66.7 Å². The Labute approximate surface area is 149 Å². The van der Waals surface area contributed by atoms with Gasteiger partial charge in [-0.1, -0.05) is 78.6 Å². The van der Waals surface area contributed by atoms with Gasteiger partial charge in [-0.2, -0.15) is 0 Å². The SMILES string of the molecule is O=C(NNC(=S)SCc1ccccc1)c1ccc2ccccc2n1. The minimum absolute atomic E-state index is 0.316.